The van der Waals surface area contributed by atoms with Gasteiger partial charge in [0.05, 0.1) is 0 Å². The molecule has 92 valence electrons. The van der Waals surface area contributed by atoms with Gasteiger partial charge in [0.15, 0.2) is 0 Å². The quantitative estimate of drug-likeness (QED) is 0.802. The van der Waals surface area contributed by atoms with Gasteiger partial charge in [-0.1, -0.05) is 0 Å². The van der Waals surface area contributed by atoms with E-state index in [1.165, 1.54) is 4.57 Å². The van der Waals surface area contributed by atoms with Gasteiger partial charge < -0.3 is 5.11 Å². The molecule has 7 heteroatoms. The van der Waals surface area contributed by atoms with Crippen LogP contribution in [0.1, 0.15) is 23.2 Å². The van der Waals surface area contributed by atoms with Crippen molar-refractivity contribution in [1.82, 2.24) is 9.55 Å². The van der Waals surface area contributed by atoms with E-state index in [1.54, 1.807) is 11.8 Å². The number of carbonyl (C=O) groups is 1. The summed E-state index contributed by atoms with van der Waals surface area (Å²) in [5.41, 5.74) is -1.79. The molecule has 2 N–H and O–H groups in total. The van der Waals surface area contributed by atoms with Crippen molar-refractivity contribution >= 4 is 17.7 Å². The largest absolute Gasteiger partial charge is 0.477 e. The number of rotatable bonds is 3. The molecule has 1 aromatic heterocycles. The van der Waals surface area contributed by atoms with Crippen LogP contribution >= 0.6 is 11.8 Å². The number of nitrogens with one attached hydrogen (secondary N) is 1. The number of H-pyrrole nitrogens is 1. The van der Waals surface area contributed by atoms with Gasteiger partial charge >= 0.3 is 11.7 Å². The number of nitrogens with zero attached hydrogens (tertiary/aromatic N) is 1. The van der Waals surface area contributed by atoms with E-state index in [2.05, 4.69) is 0 Å². The predicted octanol–water partition coefficient (Wildman–Crippen LogP) is 0.130. The van der Waals surface area contributed by atoms with Gasteiger partial charge in [0.1, 0.15) is 5.56 Å². The molecule has 0 aromatic carbocycles. The molecule has 6 nitrogen and oxygen atoms in total. The first-order valence-corrected chi connectivity index (χ1v) is 6.31. The Morgan fingerprint density at radius 3 is 2.94 bits per heavy atom. The third-order valence-electron chi connectivity index (χ3n) is 2.67. The van der Waals surface area contributed by atoms with Gasteiger partial charge in [-0.2, -0.15) is 11.8 Å². The fourth-order valence-electron chi connectivity index (χ4n) is 1.81. The lowest BCUT2D eigenvalue weighted by Gasteiger charge is -2.10. The van der Waals surface area contributed by atoms with Gasteiger partial charge in [-0.3, -0.25) is 14.3 Å². The van der Waals surface area contributed by atoms with E-state index >= 15 is 0 Å². The maximum absolute atomic E-state index is 11.5. The fourth-order valence-corrected chi connectivity index (χ4v) is 3.07. The maximum Gasteiger partial charge on any atom is 0.342 e. The Hall–Kier alpha value is -1.50. The molecule has 0 radical (unpaired) electrons. The second kappa shape index (κ2) is 4.79. The van der Waals surface area contributed by atoms with Crippen LogP contribution in [0.5, 0.6) is 0 Å². The molecule has 2 rings (SSSR count). The van der Waals surface area contributed by atoms with Crippen molar-refractivity contribution in [3.05, 3.63) is 32.6 Å². The lowest BCUT2D eigenvalue weighted by atomic mass is 10.2. The van der Waals surface area contributed by atoms with E-state index < -0.39 is 22.8 Å². The lowest BCUT2D eigenvalue weighted by molar-refractivity contribution is 0.0693. The molecule has 0 amide bonds. The summed E-state index contributed by atoms with van der Waals surface area (Å²) < 4.78 is 1.27. The van der Waals surface area contributed by atoms with Crippen molar-refractivity contribution in [3.63, 3.8) is 0 Å². The van der Waals surface area contributed by atoms with Crippen LogP contribution in [0, 0.1) is 0 Å². The summed E-state index contributed by atoms with van der Waals surface area (Å²) >= 11 is 1.77. The van der Waals surface area contributed by atoms with Crippen molar-refractivity contribution in [2.75, 3.05) is 5.75 Å². The first-order chi connectivity index (χ1) is 8.08. The molecular formula is C10H12N2O4S. The van der Waals surface area contributed by atoms with Crippen LogP contribution in [0.3, 0.4) is 0 Å². The summed E-state index contributed by atoms with van der Waals surface area (Å²) in [6.45, 7) is 0.445. The minimum absolute atomic E-state index is 0.320. The van der Waals surface area contributed by atoms with Crippen molar-refractivity contribution in [1.29, 1.82) is 0 Å². The second-order valence-corrected chi connectivity index (χ2v) is 5.30. The number of hydrogen-bond donors (Lipinski definition) is 2. The van der Waals surface area contributed by atoms with E-state index in [1.807, 2.05) is 4.98 Å². The van der Waals surface area contributed by atoms with E-state index in [0.717, 1.165) is 24.8 Å². The summed E-state index contributed by atoms with van der Waals surface area (Å²) in [5, 5.41) is 9.12. The Bertz CT molecular complexity index is 542. The molecule has 0 bridgehead atoms. The average Bonchev–Trinajstić information content (AvgIpc) is 2.74. The normalized spacial score (nSPS) is 19.4. The zero-order chi connectivity index (χ0) is 12.4. The Kier molecular flexibility index (Phi) is 3.37. The summed E-state index contributed by atoms with van der Waals surface area (Å²) in [6.07, 6.45) is 3.25. The molecule has 1 fully saturated rings. The molecule has 1 aliphatic heterocycles. The van der Waals surface area contributed by atoms with Gasteiger partial charge in [-0.25, -0.2) is 9.59 Å². The molecule has 2 heterocycles. The zero-order valence-electron chi connectivity index (χ0n) is 9.01. The first kappa shape index (κ1) is 12.0. The van der Waals surface area contributed by atoms with Gasteiger partial charge in [0, 0.05) is 18.0 Å². The number of aromatic amines is 1. The first-order valence-electron chi connectivity index (χ1n) is 5.26. The number of hydrogen-bond acceptors (Lipinski definition) is 4. The zero-order valence-corrected chi connectivity index (χ0v) is 9.83. The SMILES string of the molecule is O=C(O)c1cn(CC2CCCS2)c(=O)[nH]c1=O. The molecule has 1 atom stereocenters. The van der Waals surface area contributed by atoms with E-state index in [9.17, 15) is 14.4 Å². The summed E-state index contributed by atoms with van der Waals surface area (Å²) in [5.74, 6) is -0.256. The smallest absolute Gasteiger partial charge is 0.342 e. The Labute approximate surface area is 101 Å². The van der Waals surface area contributed by atoms with E-state index in [0.29, 0.717) is 11.8 Å². The number of thioether (sulfide) groups is 1. The van der Waals surface area contributed by atoms with Crippen LogP contribution in [0.4, 0.5) is 0 Å². The maximum atomic E-state index is 11.5. The topological polar surface area (TPSA) is 92.2 Å². The lowest BCUT2D eigenvalue weighted by Crippen LogP contribution is -2.34. The van der Waals surface area contributed by atoms with Crippen molar-refractivity contribution in [2.45, 2.75) is 24.6 Å². The van der Waals surface area contributed by atoms with Crippen LogP contribution in [0.2, 0.25) is 0 Å². The van der Waals surface area contributed by atoms with Crippen LogP contribution < -0.4 is 11.2 Å². The van der Waals surface area contributed by atoms with Gasteiger partial charge in [-0.15, -0.1) is 0 Å². The van der Waals surface area contributed by atoms with Crippen LogP contribution in [-0.2, 0) is 6.54 Å². The van der Waals surface area contributed by atoms with E-state index in [4.69, 9.17) is 5.11 Å². The second-order valence-electron chi connectivity index (χ2n) is 3.89. The highest BCUT2D eigenvalue weighted by Crippen LogP contribution is 2.26. The Balaban J connectivity index is 2.33. The number of carboxylic acids is 1. The molecule has 0 aliphatic carbocycles. The van der Waals surface area contributed by atoms with Crippen LogP contribution in [0.15, 0.2) is 15.8 Å². The van der Waals surface area contributed by atoms with E-state index in [-0.39, 0.29) is 0 Å². The molecule has 0 saturated carbocycles. The molecule has 1 unspecified atom stereocenters. The highest BCUT2D eigenvalue weighted by Gasteiger charge is 2.18. The van der Waals surface area contributed by atoms with Crippen LogP contribution in [-0.4, -0.2) is 31.6 Å². The predicted molar refractivity (Wildman–Crippen MR) is 63.8 cm³/mol. The summed E-state index contributed by atoms with van der Waals surface area (Å²) in [6, 6.07) is 0. The monoisotopic (exact) mass is 256 g/mol. The van der Waals surface area contributed by atoms with Crippen molar-refractivity contribution in [3.8, 4) is 0 Å². The molecule has 17 heavy (non-hydrogen) atoms. The van der Waals surface area contributed by atoms with Crippen molar-refractivity contribution in [2.24, 2.45) is 0 Å². The van der Waals surface area contributed by atoms with Crippen molar-refractivity contribution < 1.29 is 9.90 Å². The van der Waals surface area contributed by atoms with Gasteiger partial charge in [-0.05, 0) is 18.6 Å². The Morgan fingerprint density at radius 1 is 1.59 bits per heavy atom. The highest BCUT2D eigenvalue weighted by atomic mass is 32.2. The number of aromatic nitrogens is 2. The summed E-state index contributed by atoms with van der Waals surface area (Å²) in [7, 11) is 0. The Morgan fingerprint density at radius 2 is 2.35 bits per heavy atom. The minimum Gasteiger partial charge on any atom is -0.477 e. The summed E-state index contributed by atoms with van der Waals surface area (Å²) in [4.78, 5) is 35.5. The third-order valence-corrected chi connectivity index (χ3v) is 4.05. The van der Waals surface area contributed by atoms with Gasteiger partial charge in [0.2, 0.25) is 0 Å². The highest BCUT2D eigenvalue weighted by molar-refractivity contribution is 8.00. The number of aromatic carboxylic acids is 1. The molecule has 1 saturated heterocycles. The molecule has 1 aliphatic rings. The minimum atomic E-state index is -1.32. The number of carboxylic acid groups (broad SMARTS) is 1. The molecule has 1 aromatic rings. The average molecular weight is 256 g/mol. The fraction of sp³-hybridized carbons (Fsp3) is 0.500. The third kappa shape index (κ3) is 2.60. The molecular weight excluding hydrogens is 244 g/mol. The standard InChI is InChI=1S/C10H12N2O4S/c13-8-7(9(14)15)5-12(10(16)11-8)4-6-2-1-3-17-6/h5-6H,1-4H2,(H,14,15)(H,11,13,16). The molecule has 0 spiro atoms. The van der Waals surface area contributed by atoms with Crippen LogP contribution in [0.25, 0.3) is 0 Å². The van der Waals surface area contributed by atoms with Gasteiger partial charge in [0.25, 0.3) is 5.56 Å².